The van der Waals surface area contributed by atoms with E-state index < -0.39 is 0 Å². The second-order valence-electron chi connectivity index (χ2n) is 3.41. The zero-order chi connectivity index (χ0) is 10.6. The fourth-order valence-corrected chi connectivity index (χ4v) is 1.23. The number of benzene rings is 1. The minimum Gasteiger partial charge on any atom is -0.492 e. The third kappa shape index (κ3) is 3.18. The van der Waals surface area contributed by atoms with E-state index in [1.54, 1.807) is 0 Å². The predicted molar refractivity (Wildman–Crippen MR) is 56.7 cm³/mol. The first kappa shape index (κ1) is 11.3. The lowest BCUT2D eigenvalue weighted by atomic mass is 10.0. The Labute approximate surface area is 88.8 Å². The van der Waals surface area contributed by atoms with Gasteiger partial charge in [0.2, 0.25) is 0 Å². The van der Waals surface area contributed by atoms with Gasteiger partial charge >= 0.3 is 0 Å². The monoisotopic (exact) mass is 216 g/mol. The molecule has 0 radical (unpaired) electrons. The van der Waals surface area contributed by atoms with Crippen LogP contribution in [0.3, 0.4) is 0 Å². The fourth-order valence-electron chi connectivity index (χ4n) is 1.16. The van der Waals surface area contributed by atoms with Crippen molar-refractivity contribution in [1.82, 2.24) is 0 Å². The Balaban J connectivity index is 2.84. The first-order valence-electron chi connectivity index (χ1n) is 4.62. The van der Waals surface area contributed by atoms with E-state index in [0.717, 1.165) is 5.56 Å². The Morgan fingerprint density at radius 2 is 2.07 bits per heavy atom. The summed E-state index contributed by atoms with van der Waals surface area (Å²) in [5, 5.41) is 0. The molecule has 1 nitrogen and oxygen atoms in total. The quantitative estimate of drug-likeness (QED) is 0.700. The Morgan fingerprint density at radius 1 is 1.36 bits per heavy atom. The molecule has 0 aliphatic rings. The highest BCUT2D eigenvalue weighted by Crippen LogP contribution is 2.22. The lowest BCUT2D eigenvalue weighted by Crippen LogP contribution is -1.99. The highest BCUT2D eigenvalue weighted by Gasteiger charge is 2.04. The van der Waals surface area contributed by atoms with Gasteiger partial charge in [0.1, 0.15) is 18.2 Å². The summed E-state index contributed by atoms with van der Waals surface area (Å²) in [4.78, 5) is 0. The predicted octanol–water partition coefficient (Wildman–Crippen LogP) is 3.57. The maximum atomic E-state index is 13.1. The minimum atomic E-state index is -0.263. The van der Waals surface area contributed by atoms with Gasteiger partial charge in [-0.15, -0.1) is 11.6 Å². The van der Waals surface area contributed by atoms with E-state index in [1.165, 1.54) is 12.1 Å². The molecule has 1 rings (SSSR count). The second-order valence-corrected chi connectivity index (χ2v) is 3.79. The van der Waals surface area contributed by atoms with Crippen LogP contribution in [0.25, 0.3) is 0 Å². The van der Waals surface area contributed by atoms with Gasteiger partial charge < -0.3 is 4.74 Å². The van der Waals surface area contributed by atoms with Gasteiger partial charge in [-0.1, -0.05) is 13.8 Å². The van der Waals surface area contributed by atoms with Crippen molar-refractivity contribution >= 4 is 11.6 Å². The van der Waals surface area contributed by atoms with Crippen LogP contribution >= 0.6 is 11.6 Å². The Morgan fingerprint density at radius 3 is 2.64 bits per heavy atom. The summed E-state index contributed by atoms with van der Waals surface area (Å²) in [6.45, 7) is 4.43. The fraction of sp³-hybridized carbons (Fsp3) is 0.455. The molecule has 0 aliphatic carbocycles. The maximum Gasteiger partial charge on any atom is 0.127 e. The third-order valence-corrected chi connectivity index (χ3v) is 2.06. The Kier molecular flexibility index (Phi) is 4.21. The number of halogens is 2. The second kappa shape index (κ2) is 5.20. The molecule has 0 fully saturated rings. The lowest BCUT2D eigenvalue weighted by Gasteiger charge is -2.09. The molecule has 0 N–H and O–H groups in total. The highest BCUT2D eigenvalue weighted by molar-refractivity contribution is 6.17. The van der Waals surface area contributed by atoms with Crippen molar-refractivity contribution in [2.75, 3.05) is 12.5 Å². The summed E-state index contributed by atoms with van der Waals surface area (Å²) < 4.78 is 18.4. The van der Waals surface area contributed by atoms with E-state index in [4.69, 9.17) is 16.3 Å². The first-order valence-corrected chi connectivity index (χ1v) is 5.16. The van der Waals surface area contributed by atoms with E-state index in [9.17, 15) is 4.39 Å². The minimum absolute atomic E-state index is 0.263. The number of ether oxygens (including phenoxy) is 1. The molecular formula is C11H14ClFO. The van der Waals surface area contributed by atoms with Crippen LogP contribution in [0.2, 0.25) is 0 Å². The zero-order valence-electron chi connectivity index (χ0n) is 8.39. The van der Waals surface area contributed by atoms with Crippen molar-refractivity contribution < 1.29 is 9.13 Å². The zero-order valence-corrected chi connectivity index (χ0v) is 9.14. The molecule has 0 aromatic heterocycles. The van der Waals surface area contributed by atoms with E-state index in [1.807, 2.05) is 19.9 Å². The summed E-state index contributed by atoms with van der Waals surface area (Å²) >= 11 is 5.47. The van der Waals surface area contributed by atoms with Gasteiger partial charge in [0.05, 0.1) is 5.88 Å². The van der Waals surface area contributed by atoms with Crippen molar-refractivity contribution in [2.45, 2.75) is 19.8 Å². The smallest absolute Gasteiger partial charge is 0.127 e. The van der Waals surface area contributed by atoms with Gasteiger partial charge in [0.25, 0.3) is 0 Å². The largest absolute Gasteiger partial charge is 0.492 e. The Hall–Kier alpha value is -0.760. The molecule has 0 saturated heterocycles. The molecule has 0 bridgehead atoms. The van der Waals surface area contributed by atoms with E-state index in [-0.39, 0.29) is 5.82 Å². The van der Waals surface area contributed by atoms with Crippen LogP contribution in [-0.4, -0.2) is 12.5 Å². The third-order valence-electron chi connectivity index (χ3n) is 1.91. The molecule has 0 spiro atoms. The van der Waals surface area contributed by atoms with Crippen LogP contribution in [0, 0.1) is 5.82 Å². The number of alkyl halides is 1. The van der Waals surface area contributed by atoms with Gasteiger partial charge in [0, 0.05) is 6.07 Å². The normalized spacial score (nSPS) is 10.6. The van der Waals surface area contributed by atoms with E-state index in [2.05, 4.69) is 0 Å². The van der Waals surface area contributed by atoms with E-state index in [0.29, 0.717) is 24.2 Å². The van der Waals surface area contributed by atoms with Gasteiger partial charge in [-0.2, -0.15) is 0 Å². The van der Waals surface area contributed by atoms with Crippen LogP contribution in [-0.2, 0) is 0 Å². The summed E-state index contributed by atoms with van der Waals surface area (Å²) in [5.74, 6) is 0.993. The average Bonchev–Trinajstić information content (AvgIpc) is 2.14. The molecule has 3 heteroatoms. The van der Waals surface area contributed by atoms with Crippen molar-refractivity contribution in [1.29, 1.82) is 0 Å². The lowest BCUT2D eigenvalue weighted by molar-refractivity contribution is 0.340. The number of hydrogen-bond donors (Lipinski definition) is 0. The van der Waals surface area contributed by atoms with Crippen molar-refractivity contribution in [3.63, 3.8) is 0 Å². The van der Waals surface area contributed by atoms with Gasteiger partial charge in [-0.05, 0) is 23.6 Å². The molecule has 0 saturated carbocycles. The maximum absolute atomic E-state index is 13.1. The van der Waals surface area contributed by atoms with Crippen LogP contribution in [0.4, 0.5) is 4.39 Å². The van der Waals surface area contributed by atoms with Crippen molar-refractivity contribution in [3.05, 3.63) is 29.6 Å². The van der Waals surface area contributed by atoms with Crippen LogP contribution in [0.5, 0.6) is 5.75 Å². The SMILES string of the molecule is CC(C)c1cc(F)cc(OCCCl)c1. The first-order chi connectivity index (χ1) is 6.63. The average molecular weight is 217 g/mol. The summed E-state index contributed by atoms with van der Waals surface area (Å²) in [6, 6.07) is 4.75. The molecule has 0 atom stereocenters. The van der Waals surface area contributed by atoms with Gasteiger partial charge in [-0.3, -0.25) is 0 Å². The van der Waals surface area contributed by atoms with Gasteiger partial charge in [0.15, 0.2) is 0 Å². The molecule has 0 amide bonds. The number of hydrogen-bond acceptors (Lipinski definition) is 1. The summed E-state index contributed by atoms with van der Waals surface area (Å²) in [6.07, 6.45) is 0. The molecule has 14 heavy (non-hydrogen) atoms. The van der Waals surface area contributed by atoms with Crippen LogP contribution < -0.4 is 4.74 Å². The molecule has 1 aromatic rings. The topological polar surface area (TPSA) is 9.23 Å². The molecule has 1 aromatic carbocycles. The standard InChI is InChI=1S/C11H14ClFO/c1-8(2)9-5-10(13)7-11(6-9)14-4-3-12/h5-8H,3-4H2,1-2H3. The molecule has 0 heterocycles. The van der Waals surface area contributed by atoms with Crippen LogP contribution in [0.15, 0.2) is 18.2 Å². The highest BCUT2D eigenvalue weighted by atomic mass is 35.5. The van der Waals surface area contributed by atoms with E-state index >= 15 is 0 Å². The number of rotatable bonds is 4. The molecule has 78 valence electrons. The van der Waals surface area contributed by atoms with Crippen molar-refractivity contribution in [3.8, 4) is 5.75 Å². The summed E-state index contributed by atoms with van der Waals surface area (Å²) in [5.41, 5.74) is 0.939. The Bertz CT molecular complexity index is 299. The molecule has 0 aliphatic heterocycles. The van der Waals surface area contributed by atoms with Gasteiger partial charge in [-0.25, -0.2) is 4.39 Å². The van der Waals surface area contributed by atoms with Crippen LogP contribution in [0.1, 0.15) is 25.3 Å². The van der Waals surface area contributed by atoms with Crippen molar-refractivity contribution in [2.24, 2.45) is 0 Å². The molecule has 0 unspecified atom stereocenters. The summed E-state index contributed by atoms with van der Waals surface area (Å²) in [7, 11) is 0. The molecular weight excluding hydrogens is 203 g/mol.